The molecule has 32 heavy (non-hydrogen) atoms. The number of aliphatic hydroxyl groups excluding tert-OH is 1. The summed E-state index contributed by atoms with van der Waals surface area (Å²) in [6, 6.07) is 5.81. The minimum Gasteiger partial charge on any atom is -0.376 e. The van der Waals surface area contributed by atoms with Crippen molar-refractivity contribution in [2.75, 3.05) is 6.73 Å². The topological polar surface area (TPSA) is 96.4 Å². The molecule has 3 rings (SSSR count). The van der Waals surface area contributed by atoms with Crippen molar-refractivity contribution in [2.45, 2.75) is 17.1 Å². The highest BCUT2D eigenvalue weighted by molar-refractivity contribution is 7.92. The summed E-state index contributed by atoms with van der Waals surface area (Å²) in [5.74, 6) is -6.00. The largest absolute Gasteiger partial charge is 0.376 e. The Hall–Kier alpha value is -3.31. The summed E-state index contributed by atoms with van der Waals surface area (Å²) in [7, 11) is -4.65. The summed E-state index contributed by atoms with van der Waals surface area (Å²) < 4.78 is 83.5. The predicted molar refractivity (Wildman–Crippen MR) is 105 cm³/mol. The van der Waals surface area contributed by atoms with Gasteiger partial charge in [-0.15, -0.1) is 0 Å². The minimum atomic E-state index is -4.65. The Balaban J connectivity index is 2.29. The number of amides is 1. The highest BCUT2D eigenvalue weighted by atomic mass is 32.2. The molecule has 6 nitrogen and oxygen atoms in total. The van der Waals surface area contributed by atoms with Crippen molar-refractivity contribution in [2.24, 2.45) is 0 Å². The van der Waals surface area contributed by atoms with Gasteiger partial charge >= 0.3 is 0 Å². The normalized spacial score (nSPS) is 12.4. The van der Waals surface area contributed by atoms with E-state index in [9.17, 15) is 30.8 Å². The summed E-state index contributed by atoms with van der Waals surface area (Å²) in [5, 5.41) is 8.81. The molecule has 0 radical (unpaired) electrons. The standard InChI is InChI=1S/C21H16F4N2O4S/c1-11-8-17(21(29)27-10-28)26-9-14(11)20(18-15(23)6-7-16(24)19(18)25)32(30,31)13-4-2-12(22)3-5-13/h2-9,20,28H,10H2,1H3,(H,27,29). The van der Waals surface area contributed by atoms with Gasteiger partial charge in [-0.25, -0.2) is 26.0 Å². The van der Waals surface area contributed by atoms with E-state index in [1.807, 2.05) is 0 Å². The van der Waals surface area contributed by atoms with Crippen molar-refractivity contribution < 1.29 is 35.9 Å². The van der Waals surface area contributed by atoms with E-state index in [0.717, 1.165) is 36.5 Å². The van der Waals surface area contributed by atoms with Gasteiger partial charge in [-0.1, -0.05) is 0 Å². The van der Waals surface area contributed by atoms with Crippen LogP contribution in [0, 0.1) is 30.2 Å². The molecule has 11 heteroatoms. The number of hydrogen-bond acceptors (Lipinski definition) is 5. The third kappa shape index (κ3) is 4.34. The lowest BCUT2D eigenvalue weighted by molar-refractivity contribution is 0.0905. The van der Waals surface area contributed by atoms with Crippen LogP contribution in [-0.2, 0) is 9.84 Å². The van der Waals surface area contributed by atoms with Crippen LogP contribution in [-0.4, -0.2) is 31.1 Å². The maximum absolute atomic E-state index is 14.7. The van der Waals surface area contributed by atoms with Crippen LogP contribution in [0.2, 0.25) is 0 Å². The fraction of sp³-hybridized carbons (Fsp3) is 0.143. The van der Waals surface area contributed by atoms with E-state index in [1.165, 1.54) is 6.92 Å². The van der Waals surface area contributed by atoms with Crippen LogP contribution < -0.4 is 5.32 Å². The fourth-order valence-electron chi connectivity index (χ4n) is 3.15. The average molecular weight is 468 g/mol. The van der Waals surface area contributed by atoms with Gasteiger partial charge in [0.05, 0.1) is 4.90 Å². The van der Waals surface area contributed by atoms with Crippen LogP contribution in [0.15, 0.2) is 53.6 Å². The monoisotopic (exact) mass is 468 g/mol. The lowest BCUT2D eigenvalue weighted by Gasteiger charge is -2.22. The number of sulfone groups is 1. The number of halogens is 4. The molecule has 0 saturated carbocycles. The predicted octanol–water partition coefficient (Wildman–Crippen LogP) is 3.19. The van der Waals surface area contributed by atoms with E-state index in [-0.39, 0.29) is 16.8 Å². The molecule has 1 unspecified atom stereocenters. The maximum atomic E-state index is 14.7. The number of benzene rings is 2. The number of aromatic nitrogens is 1. The quantitative estimate of drug-likeness (QED) is 0.251. The molecule has 1 aromatic heterocycles. The SMILES string of the molecule is Cc1cc(C(=O)NCO)ncc1C(c1c(F)ccc(F)c1F)S(=O)(=O)c1ccc(F)cc1. The first-order valence-corrected chi connectivity index (χ1v) is 10.6. The van der Waals surface area contributed by atoms with Crippen LogP contribution in [0.5, 0.6) is 0 Å². The summed E-state index contributed by atoms with van der Waals surface area (Å²) >= 11 is 0. The second-order valence-corrected chi connectivity index (χ2v) is 8.76. The highest BCUT2D eigenvalue weighted by Crippen LogP contribution is 2.39. The number of pyridine rings is 1. The van der Waals surface area contributed by atoms with E-state index in [4.69, 9.17) is 5.11 Å². The van der Waals surface area contributed by atoms with Crippen molar-refractivity contribution in [3.63, 3.8) is 0 Å². The number of rotatable bonds is 6. The van der Waals surface area contributed by atoms with Gasteiger partial charge in [0.25, 0.3) is 5.91 Å². The van der Waals surface area contributed by atoms with E-state index in [1.54, 1.807) is 0 Å². The van der Waals surface area contributed by atoms with Crippen molar-refractivity contribution in [3.05, 3.63) is 94.3 Å². The molecule has 0 saturated heterocycles. The van der Waals surface area contributed by atoms with Gasteiger partial charge in [-0.05, 0) is 60.5 Å². The molecule has 1 atom stereocenters. The third-order valence-corrected chi connectivity index (χ3v) is 6.74. The average Bonchev–Trinajstić information content (AvgIpc) is 2.75. The number of nitrogens with zero attached hydrogens (tertiary/aromatic N) is 1. The number of carbonyl (C=O) groups is 1. The van der Waals surface area contributed by atoms with E-state index in [2.05, 4.69) is 10.3 Å². The maximum Gasteiger partial charge on any atom is 0.271 e. The molecule has 0 aliphatic heterocycles. The van der Waals surface area contributed by atoms with Gasteiger partial charge in [0.15, 0.2) is 21.5 Å². The summed E-state index contributed by atoms with van der Waals surface area (Å²) in [6.07, 6.45) is 0.928. The number of aryl methyl sites for hydroxylation is 1. The van der Waals surface area contributed by atoms with Gasteiger partial charge < -0.3 is 10.4 Å². The number of aliphatic hydroxyl groups is 1. The molecule has 3 aromatic rings. The van der Waals surface area contributed by atoms with Crippen LogP contribution in [0.25, 0.3) is 0 Å². The molecule has 168 valence electrons. The Morgan fingerprint density at radius 3 is 2.28 bits per heavy atom. The Labute approximate surface area is 180 Å². The molecule has 1 heterocycles. The fourth-order valence-corrected chi connectivity index (χ4v) is 5.04. The van der Waals surface area contributed by atoms with E-state index < -0.39 is 61.5 Å². The minimum absolute atomic E-state index is 0.0989. The molecule has 0 fully saturated rings. The Kier molecular flexibility index (Phi) is 6.60. The molecule has 0 bridgehead atoms. The number of hydrogen-bond donors (Lipinski definition) is 2. The smallest absolute Gasteiger partial charge is 0.271 e. The van der Waals surface area contributed by atoms with Crippen LogP contribution in [0.3, 0.4) is 0 Å². The first kappa shape index (κ1) is 23.4. The molecular formula is C21H16F4N2O4S. The molecule has 1 amide bonds. The van der Waals surface area contributed by atoms with E-state index in [0.29, 0.717) is 12.1 Å². The van der Waals surface area contributed by atoms with Crippen molar-refractivity contribution in [1.82, 2.24) is 10.3 Å². The van der Waals surface area contributed by atoms with Gasteiger partial charge in [0.1, 0.15) is 29.3 Å². The molecular weight excluding hydrogens is 452 g/mol. The number of carbonyl (C=O) groups excluding carboxylic acids is 1. The van der Waals surface area contributed by atoms with Gasteiger partial charge in [0.2, 0.25) is 0 Å². The van der Waals surface area contributed by atoms with Crippen LogP contribution in [0.1, 0.15) is 32.4 Å². The third-order valence-electron chi connectivity index (χ3n) is 4.70. The highest BCUT2D eigenvalue weighted by Gasteiger charge is 2.37. The summed E-state index contributed by atoms with van der Waals surface area (Å²) in [5.41, 5.74) is -1.40. The van der Waals surface area contributed by atoms with Crippen molar-refractivity contribution >= 4 is 15.7 Å². The first-order valence-electron chi connectivity index (χ1n) is 9.06. The molecule has 0 aliphatic rings. The lowest BCUT2D eigenvalue weighted by Crippen LogP contribution is -2.26. The second-order valence-electron chi connectivity index (χ2n) is 6.73. The van der Waals surface area contributed by atoms with Crippen molar-refractivity contribution in [3.8, 4) is 0 Å². The number of nitrogens with one attached hydrogen (secondary N) is 1. The molecule has 0 spiro atoms. The first-order chi connectivity index (χ1) is 15.1. The zero-order valence-electron chi connectivity index (χ0n) is 16.4. The van der Waals surface area contributed by atoms with Gasteiger partial charge in [0, 0.05) is 11.8 Å². The molecule has 0 aliphatic carbocycles. The van der Waals surface area contributed by atoms with Gasteiger partial charge in [-0.3, -0.25) is 9.78 Å². The zero-order chi connectivity index (χ0) is 23.6. The van der Waals surface area contributed by atoms with E-state index >= 15 is 0 Å². The van der Waals surface area contributed by atoms with Gasteiger partial charge in [-0.2, -0.15) is 0 Å². The summed E-state index contributed by atoms with van der Waals surface area (Å²) in [4.78, 5) is 15.3. The Bertz CT molecular complexity index is 1280. The lowest BCUT2D eigenvalue weighted by atomic mass is 10.00. The summed E-state index contributed by atoms with van der Waals surface area (Å²) in [6.45, 7) is 0.692. The second kappa shape index (κ2) is 9.05. The van der Waals surface area contributed by atoms with Crippen LogP contribution >= 0.6 is 0 Å². The van der Waals surface area contributed by atoms with Crippen molar-refractivity contribution in [1.29, 1.82) is 0 Å². The van der Waals surface area contributed by atoms with Crippen LogP contribution in [0.4, 0.5) is 17.6 Å². The molecule has 2 aromatic carbocycles. The molecule has 2 N–H and O–H groups in total. The Morgan fingerprint density at radius 2 is 1.69 bits per heavy atom. The zero-order valence-corrected chi connectivity index (χ0v) is 17.3. The Morgan fingerprint density at radius 1 is 1.06 bits per heavy atom.